The average Bonchev–Trinajstić information content (AvgIpc) is 1.68. The minimum atomic E-state index is -5.58. The fourth-order valence-electron chi connectivity index (χ4n) is 13.5. The van der Waals surface area contributed by atoms with Crippen LogP contribution >= 0.6 is 7.82 Å². The monoisotopic (exact) mass is 1640 g/mol. The van der Waals surface area contributed by atoms with Crippen LogP contribution in [0.25, 0.3) is 17.3 Å². The van der Waals surface area contributed by atoms with Gasteiger partial charge in [0.2, 0.25) is 17.8 Å². The topological polar surface area (TPSA) is 346 Å². The van der Waals surface area contributed by atoms with Gasteiger partial charge in [0.15, 0.2) is 0 Å². The molecule has 3 aliphatic heterocycles. The van der Waals surface area contributed by atoms with Gasteiger partial charge in [0.05, 0.1) is 88.1 Å². The molecule has 0 radical (unpaired) electrons. The van der Waals surface area contributed by atoms with Gasteiger partial charge in [-0.2, -0.15) is 40.2 Å². The summed E-state index contributed by atoms with van der Waals surface area (Å²) in [7, 11) is -2.91. The molecule has 3 fully saturated rings. The maximum absolute atomic E-state index is 16.9. The lowest BCUT2D eigenvalue weighted by atomic mass is 9.77. The Kier molecular flexibility index (Phi) is 27.9. The number of aryl methyl sites for hydroxylation is 1. The Hall–Kier alpha value is -10.7. The number of alkyl halides is 8. The van der Waals surface area contributed by atoms with Crippen LogP contribution in [-0.2, 0) is 77.0 Å². The van der Waals surface area contributed by atoms with E-state index in [9.17, 15) is 47.1 Å². The second-order valence-corrected chi connectivity index (χ2v) is 30.6. The average molecular weight is 1640 g/mol. The van der Waals surface area contributed by atoms with E-state index in [2.05, 4.69) is 67.0 Å². The number of carbonyl (C=O) groups is 7. The van der Waals surface area contributed by atoms with Crippen molar-refractivity contribution in [3.05, 3.63) is 160 Å². The number of ether oxygens (including phenoxy) is 5. The van der Waals surface area contributed by atoms with Crippen molar-refractivity contribution < 1.29 is 120 Å². The molecule has 0 saturated carbocycles. The van der Waals surface area contributed by atoms with Crippen LogP contribution in [0.15, 0.2) is 104 Å². The highest BCUT2D eigenvalue weighted by Gasteiger charge is 2.58. The van der Waals surface area contributed by atoms with Crippen LogP contribution in [0.3, 0.4) is 0 Å². The summed E-state index contributed by atoms with van der Waals surface area (Å²) in [5.74, 6) is -3.69. The predicted molar refractivity (Wildman–Crippen MR) is 392 cm³/mol. The molecule has 3 aliphatic rings. The number of halogens is 10. The molecule has 2 unspecified atom stereocenters. The number of phosphoric ester groups is 1. The second kappa shape index (κ2) is 36.4. The van der Waals surface area contributed by atoms with E-state index in [1.54, 1.807) is 5.32 Å². The standard InChI is InChI=1S/C76H85F10N12O16P/c1-42-27-48(32-60(99)89-49-20-17-44(18-21-49)19-24-61(100)109-8)63(58(28-42)114-115(106,107)108)72(2,3)33-62(101)113-59(39-96(94-67(103)65(92-71(105)111-10)74(6,7)76(84,85)86)38-53-54(77)30-47(31-55(53)78)56-25-26-97(93-56)68(79)80)57(90-66(102)64(91-70(104)110-9)73(4,5)75(81,82)83)29-45-14-11-43(12-15-45)13-16-46-34-87-69(88-35-46)95-36-50-22-23-51(37-95)98(50)52-40-112-41-52/h11-12,14-15,17-21,24-28,30-31,34-35,50-52,57,59,64-65,68H,22-23,29,32-33,36-41H2,1-10H3,(H,89,99)(H,90,102)(H,91,104)(H,92,105)(H,94,103)(H2,106,107,108)/b24-19+/t50?,51?,57-,59-,64+,65+/m0/s1. The number of amides is 5. The molecule has 7 N–H and O–H groups in total. The van der Waals surface area contributed by atoms with Gasteiger partial charge < -0.3 is 54.4 Å². The molecule has 620 valence electrons. The molecule has 28 nitrogen and oxygen atoms in total. The number of carbonyl (C=O) groups excluding carboxylic acids is 7. The number of phosphoric acid groups is 1. The molecular formula is C76H85F10N12O16P. The summed E-state index contributed by atoms with van der Waals surface area (Å²) in [6.45, 7) is 2.92. The van der Waals surface area contributed by atoms with Crippen molar-refractivity contribution >= 4 is 67.4 Å². The van der Waals surface area contributed by atoms with E-state index >= 15 is 44.7 Å². The zero-order chi connectivity index (χ0) is 84.4. The summed E-state index contributed by atoms with van der Waals surface area (Å²) in [6, 6.07) is 9.87. The van der Waals surface area contributed by atoms with E-state index in [1.165, 1.54) is 101 Å². The first-order valence-electron chi connectivity index (χ1n) is 35.6. The van der Waals surface area contributed by atoms with Gasteiger partial charge in [-0.3, -0.25) is 39.3 Å². The molecule has 2 aromatic heterocycles. The highest BCUT2D eigenvalue weighted by molar-refractivity contribution is 7.46. The van der Waals surface area contributed by atoms with Crippen LogP contribution < -0.4 is 36.1 Å². The zero-order valence-electron chi connectivity index (χ0n) is 63.8. The first-order valence-corrected chi connectivity index (χ1v) is 37.2. The van der Waals surface area contributed by atoms with Gasteiger partial charge in [-0.05, 0) is 131 Å². The third kappa shape index (κ3) is 22.4. The second-order valence-electron chi connectivity index (χ2n) is 29.4. The SMILES string of the molecule is COC(=O)/C=C/c1ccc(NC(=O)Cc2cc(C)cc(OP(=O)(O)O)c2C(C)(C)CC(=O)O[C@@H](CN(Cc2c(F)cc(-c3ccn(C(F)F)n3)cc2F)NC(=O)[C@@H](NC(=O)OC)C(C)(C)C(F)(F)F)[C@H](Cc2ccc(C#Cc3cnc(N4CC5CCC(C4)N5C4COC4)nc3)cc2)NC(=O)[C@@H](NC(=O)OC)C(C)(C)C(F)(F)F)cc1. The fraction of sp³-hybridized carbons (Fsp3) is 0.447. The number of hydrogen-bond donors (Lipinski definition) is 7. The lowest BCUT2D eigenvalue weighted by molar-refractivity contribution is -0.221. The van der Waals surface area contributed by atoms with Crippen molar-refractivity contribution in [1.29, 1.82) is 0 Å². The Balaban J connectivity index is 1.16. The van der Waals surface area contributed by atoms with Gasteiger partial charge in [0, 0.05) is 89.7 Å². The quantitative estimate of drug-likeness (QED) is 0.00419. The van der Waals surface area contributed by atoms with E-state index in [4.69, 9.17) is 14.0 Å². The molecule has 5 heterocycles. The number of anilines is 2. The molecular weight excluding hydrogens is 1560 g/mol. The van der Waals surface area contributed by atoms with Crippen LogP contribution in [0.4, 0.5) is 65.1 Å². The van der Waals surface area contributed by atoms with Crippen LogP contribution in [0, 0.1) is 41.2 Å². The van der Waals surface area contributed by atoms with Crippen molar-refractivity contribution in [3.8, 4) is 28.8 Å². The summed E-state index contributed by atoms with van der Waals surface area (Å²) >= 11 is 0. The number of alkyl carbamates (subject to hydrolysis) is 2. The molecule has 39 heteroatoms. The maximum Gasteiger partial charge on any atom is 0.524 e. The fourth-order valence-corrected chi connectivity index (χ4v) is 13.9. The number of esters is 2. The Morgan fingerprint density at radius 3 is 1.83 bits per heavy atom. The number of methoxy groups -OCH3 is 3. The maximum atomic E-state index is 16.9. The molecule has 4 aromatic carbocycles. The Morgan fingerprint density at radius 1 is 0.739 bits per heavy atom. The first kappa shape index (κ1) is 88.2. The molecule has 115 heavy (non-hydrogen) atoms. The molecule has 6 atom stereocenters. The van der Waals surface area contributed by atoms with Crippen LogP contribution in [0.5, 0.6) is 5.75 Å². The minimum absolute atomic E-state index is 0.0383. The molecule has 0 spiro atoms. The number of benzene rings is 4. The summed E-state index contributed by atoms with van der Waals surface area (Å²) in [5.41, 5.74) is -6.88. The van der Waals surface area contributed by atoms with Gasteiger partial charge in [-0.15, -0.1) is 0 Å². The number of nitrogens with zero attached hydrogens (tertiary/aromatic N) is 7. The Labute approximate surface area is 653 Å². The number of nitrogens with one attached hydrogen (secondary N) is 5. The van der Waals surface area contributed by atoms with Crippen molar-refractivity contribution in [1.82, 2.24) is 51.0 Å². The molecule has 0 aliphatic carbocycles. The molecule has 5 amide bonds. The summed E-state index contributed by atoms with van der Waals surface area (Å²) < 4.78 is 197. The normalized spacial score (nSPS) is 16.6. The van der Waals surface area contributed by atoms with Gasteiger partial charge in [-0.1, -0.05) is 56.0 Å². The van der Waals surface area contributed by atoms with E-state index in [0.29, 0.717) is 112 Å². The number of hydrazine groups is 1. The number of rotatable bonds is 30. The van der Waals surface area contributed by atoms with Crippen molar-refractivity contribution in [2.75, 3.05) is 64.4 Å². The summed E-state index contributed by atoms with van der Waals surface area (Å²) in [6.07, 6.45) is -10.2. The summed E-state index contributed by atoms with van der Waals surface area (Å²) in [4.78, 5) is 132. The van der Waals surface area contributed by atoms with E-state index in [-0.39, 0.29) is 32.6 Å². The van der Waals surface area contributed by atoms with E-state index in [1.807, 2.05) is 5.32 Å². The predicted octanol–water partition coefficient (Wildman–Crippen LogP) is 10.1. The summed E-state index contributed by atoms with van der Waals surface area (Å²) in [5, 5.41) is 12.8. The van der Waals surface area contributed by atoms with Gasteiger partial charge in [0.25, 0.3) is 5.91 Å². The smallest absolute Gasteiger partial charge is 0.466 e. The third-order valence-electron chi connectivity index (χ3n) is 19.9. The highest BCUT2D eigenvalue weighted by Crippen LogP contribution is 2.47. The largest absolute Gasteiger partial charge is 0.524 e. The minimum Gasteiger partial charge on any atom is -0.466 e. The molecule has 6 aromatic rings. The molecule has 3 saturated heterocycles. The van der Waals surface area contributed by atoms with Crippen molar-refractivity contribution in [3.63, 3.8) is 0 Å². The number of fused-ring (bicyclic) bond motifs is 2. The number of hydrogen-bond acceptors (Lipinski definition) is 20. The first-order chi connectivity index (χ1) is 53.9. The zero-order valence-corrected chi connectivity index (χ0v) is 64.7. The van der Waals surface area contributed by atoms with E-state index < -0.39 is 176 Å². The van der Waals surface area contributed by atoms with Gasteiger partial charge in [-0.25, -0.2) is 47.4 Å². The molecule has 2 bridgehead atoms. The van der Waals surface area contributed by atoms with Crippen LogP contribution in [-0.4, -0.2) is 190 Å². The Morgan fingerprint density at radius 2 is 1.31 bits per heavy atom. The van der Waals surface area contributed by atoms with Crippen molar-refractivity contribution in [2.24, 2.45) is 10.8 Å². The number of piperazine rings is 1. The van der Waals surface area contributed by atoms with Crippen LogP contribution in [0.1, 0.15) is 112 Å². The van der Waals surface area contributed by atoms with Gasteiger partial charge >= 0.3 is 50.8 Å². The lowest BCUT2D eigenvalue weighted by Gasteiger charge is -2.47. The van der Waals surface area contributed by atoms with Gasteiger partial charge in [0.1, 0.15) is 35.6 Å². The van der Waals surface area contributed by atoms with Crippen LogP contribution in [0.2, 0.25) is 0 Å². The Bertz CT molecular complexity index is 4650. The third-order valence-corrected chi connectivity index (χ3v) is 20.3. The highest BCUT2D eigenvalue weighted by atomic mass is 31.2. The molecule has 9 rings (SSSR count). The lowest BCUT2D eigenvalue weighted by Crippen LogP contribution is -2.64. The van der Waals surface area contributed by atoms with E-state index in [0.717, 1.165) is 51.5 Å². The van der Waals surface area contributed by atoms with Crippen molar-refractivity contribution in [2.45, 2.75) is 154 Å². The number of aromatic nitrogens is 4.